The summed E-state index contributed by atoms with van der Waals surface area (Å²) in [5.74, 6) is 0. The molecule has 0 unspecified atom stereocenters. The van der Waals surface area contributed by atoms with E-state index in [2.05, 4.69) is 10.6 Å². The van der Waals surface area contributed by atoms with Crippen LogP contribution in [0.4, 0.5) is 0 Å². The molecule has 188 valence electrons. The molecule has 3 rings (SSSR count). The summed E-state index contributed by atoms with van der Waals surface area (Å²) in [4.78, 5) is 0. The van der Waals surface area contributed by atoms with E-state index >= 15 is 0 Å². The molecule has 12 nitrogen and oxygen atoms in total. The van der Waals surface area contributed by atoms with Gasteiger partial charge in [-0.25, -0.2) is 0 Å². The Morgan fingerprint density at radius 3 is 2.19 bits per heavy atom. The number of nitrogens with one attached hydrogen (secondary N) is 2. The van der Waals surface area contributed by atoms with Crippen molar-refractivity contribution in [2.45, 2.75) is 99.1 Å². The second-order valence-electron chi connectivity index (χ2n) is 9.47. The van der Waals surface area contributed by atoms with Crippen molar-refractivity contribution in [3.8, 4) is 0 Å². The van der Waals surface area contributed by atoms with E-state index in [1.165, 1.54) is 0 Å². The minimum Gasteiger partial charge on any atom is -0.388 e. The molecule has 0 amide bonds. The van der Waals surface area contributed by atoms with Crippen molar-refractivity contribution in [1.82, 2.24) is 10.6 Å². The number of likely N-dealkylation sites (N-methyl/N-ethyl adjacent to an activating group) is 2. The van der Waals surface area contributed by atoms with Crippen LogP contribution in [0.3, 0.4) is 0 Å². The van der Waals surface area contributed by atoms with E-state index in [0.717, 1.165) is 12.8 Å². The Labute approximate surface area is 189 Å². The molecular formula is C20H41N5O7. The van der Waals surface area contributed by atoms with Crippen LogP contribution in [0.1, 0.15) is 26.2 Å². The van der Waals surface area contributed by atoms with Gasteiger partial charge < -0.3 is 62.1 Å². The first-order chi connectivity index (χ1) is 15.1. The van der Waals surface area contributed by atoms with Gasteiger partial charge in [0.2, 0.25) is 0 Å². The van der Waals surface area contributed by atoms with E-state index in [9.17, 15) is 15.3 Å². The molecule has 11 N–H and O–H groups in total. The Morgan fingerprint density at radius 2 is 1.59 bits per heavy atom. The Kier molecular flexibility index (Phi) is 8.86. The summed E-state index contributed by atoms with van der Waals surface area (Å²) in [7, 11) is 3.47. The molecule has 1 aliphatic carbocycles. The third-order valence-electron chi connectivity index (χ3n) is 6.72. The third-order valence-corrected chi connectivity index (χ3v) is 6.72. The van der Waals surface area contributed by atoms with E-state index in [-0.39, 0.29) is 18.8 Å². The topological polar surface area (TPSA) is 200 Å². The van der Waals surface area contributed by atoms with Crippen LogP contribution in [-0.4, -0.2) is 115 Å². The van der Waals surface area contributed by atoms with Crippen molar-refractivity contribution in [2.24, 2.45) is 17.2 Å². The molecule has 2 aliphatic heterocycles. The van der Waals surface area contributed by atoms with Gasteiger partial charge in [0.1, 0.15) is 30.0 Å². The van der Waals surface area contributed by atoms with Gasteiger partial charge in [0, 0.05) is 18.6 Å². The molecule has 0 aromatic carbocycles. The van der Waals surface area contributed by atoms with Crippen molar-refractivity contribution < 1.29 is 34.3 Å². The zero-order valence-electron chi connectivity index (χ0n) is 19.1. The van der Waals surface area contributed by atoms with Crippen LogP contribution in [-0.2, 0) is 18.9 Å². The molecular weight excluding hydrogens is 422 g/mol. The molecule has 0 aromatic heterocycles. The maximum atomic E-state index is 11.1. The van der Waals surface area contributed by atoms with Crippen LogP contribution in [0.25, 0.3) is 0 Å². The molecule has 12 heteroatoms. The first kappa shape index (κ1) is 26.1. The fourth-order valence-electron chi connectivity index (χ4n) is 4.90. The average molecular weight is 464 g/mol. The number of aliphatic hydroxyl groups excluding tert-OH is 2. The van der Waals surface area contributed by atoms with Gasteiger partial charge in [-0.15, -0.1) is 0 Å². The summed E-state index contributed by atoms with van der Waals surface area (Å²) >= 11 is 0. The lowest BCUT2D eigenvalue weighted by Gasteiger charge is -2.48. The summed E-state index contributed by atoms with van der Waals surface area (Å²) < 4.78 is 23.5. The first-order valence-corrected chi connectivity index (χ1v) is 11.3. The van der Waals surface area contributed by atoms with Crippen molar-refractivity contribution in [3.05, 3.63) is 0 Å². The van der Waals surface area contributed by atoms with Crippen LogP contribution >= 0.6 is 0 Å². The second-order valence-corrected chi connectivity index (χ2v) is 9.47. The van der Waals surface area contributed by atoms with Gasteiger partial charge in [-0.3, -0.25) is 0 Å². The van der Waals surface area contributed by atoms with Gasteiger partial charge in [-0.2, -0.15) is 0 Å². The van der Waals surface area contributed by atoms with Crippen LogP contribution in [0.5, 0.6) is 0 Å². The molecule has 2 saturated heterocycles. The summed E-state index contributed by atoms with van der Waals surface area (Å²) in [6.07, 6.45) is -4.12. The van der Waals surface area contributed by atoms with Crippen LogP contribution in [0, 0.1) is 0 Å². The van der Waals surface area contributed by atoms with Crippen molar-refractivity contribution in [3.63, 3.8) is 0 Å². The van der Waals surface area contributed by atoms with Gasteiger partial charge in [0.05, 0.1) is 24.8 Å². The molecule has 3 fully saturated rings. The number of nitrogens with two attached hydrogens (primary N) is 3. The summed E-state index contributed by atoms with van der Waals surface area (Å²) in [5.41, 5.74) is 17.4. The average Bonchev–Trinajstić information content (AvgIpc) is 2.72. The molecule has 3 aliphatic rings. The Bertz CT molecular complexity index is 603. The maximum absolute atomic E-state index is 11.1. The van der Waals surface area contributed by atoms with Crippen LogP contribution in [0.2, 0.25) is 0 Å². The highest BCUT2D eigenvalue weighted by atomic mass is 16.7. The lowest BCUT2D eigenvalue weighted by molar-refractivity contribution is -0.306. The van der Waals surface area contributed by atoms with E-state index in [4.69, 9.17) is 36.1 Å². The Morgan fingerprint density at radius 1 is 0.969 bits per heavy atom. The number of hydrogen-bond donors (Lipinski definition) is 8. The molecule has 0 aromatic rings. The third kappa shape index (κ3) is 5.59. The Hall–Kier alpha value is -0.480. The molecule has 32 heavy (non-hydrogen) atoms. The first-order valence-electron chi connectivity index (χ1n) is 11.3. The van der Waals surface area contributed by atoms with E-state index in [1.807, 2.05) is 7.05 Å². The van der Waals surface area contributed by atoms with Gasteiger partial charge in [-0.1, -0.05) is 0 Å². The number of hydrogen-bond acceptors (Lipinski definition) is 12. The zero-order chi connectivity index (χ0) is 23.6. The van der Waals surface area contributed by atoms with Gasteiger partial charge in [0.15, 0.2) is 12.6 Å². The zero-order valence-corrected chi connectivity index (χ0v) is 19.1. The number of rotatable bonds is 7. The lowest BCUT2D eigenvalue weighted by atomic mass is 9.84. The maximum Gasteiger partial charge on any atom is 0.185 e. The summed E-state index contributed by atoms with van der Waals surface area (Å²) in [5, 5.41) is 38.1. The summed E-state index contributed by atoms with van der Waals surface area (Å²) in [6, 6.07) is -2.20. The summed E-state index contributed by atoms with van der Waals surface area (Å²) in [6.45, 7) is 2.16. The van der Waals surface area contributed by atoms with Crippen molar-refractivity contribution >= 4 is 0 Å². The molecule has 0 bridgehead atoms. The fraction of sp³-hybridized carbons (Fsp3) is 1.00. The normalized spacial score (nSPS) is 50.3. The standard InChI is InChI=1S/C20H41N5O7/c1-20(28)8-29-19(14(27)17(20)25-3)32-16-12(23)6-11(22)15(13(16)26)31-18-10(21)5-4-9(30-18)7-24-2/h9-19,24-28H,4-8,21-23H2,1-3H3/t9-,10+,11-,12+,13-,14-,15+,16-,17-,18+,19-,20+/m0/s1. The van der Waals surface area contributed by atoms with Gasteiger partial charge in [0.25, 0.3) is 0 Å². The Balaban J connectivity index is 1.67. The second kappa shape index (κ2) is 10.8. The van der Waals surface area contributed by atoms with Gasteiger partial charge in [-0.05, 0) is 40.3 Å². The van der Waals surface area contributed by atoms with Crippen LogP contribution < -0.4 is 27.8 Å². The number of ether oxygens (including phenoxy) is 4. The predicted octanol–water partition coefficient (Wildman–Crippen LogP) is -3.72. The quantitative estimate of drug-likeness (QED) is 0.184. The smallest absolute Gasteiger partial charge is 0.185 e. The molecule has 1 saturated carbocycles. The lowest BCUT2D eigenvalue weighted by Crippen LogP contribution is -2.68. The highest BCUT2D eigenvalue weighted by molar-refractivity contribution is 5.01. The minimum absolute atomic E-state index is 0.0480. The van der Waals surface area contributed by atoms with E-state index in [0.29, 0.717) is 13.0 Å². The molecule has 0 radical (unpaired) electrons. The van der Waals surface area contributed by atoms with Crippen LogP contribution in [0.15, 0.2) is 0 Å². The largest absolute Gasteiger partial charge is 0.388 e. The van der Waals surface area contributed by atoms with Crippen molar-refractivity contribution in [2.75, 3.05) is 27.2 Å². The molecule has 2 heterocycles. The van der Waals surface area contributed by atoms with Crippen molar-refractivity contribution in [1.29, 1.82) is 0 Å². The minimum atomic E-state index is -1.28. The van der Waals surface area contributed by atoms with E-state index in [1.54, 1.807) is 14.0 Å². The fourth-order valence-corrected chi connectivity index (χ4v) is 4.90. The molecule has 0 spiro atoms. The SMILES string of the molecule is CNC[C@@H]1CC[C@@H](N)[C@@H](O[C@H]2[C@H](O)[C@@H](O[C@@H]3OC[C@@](C)(O)[C@@H](NC)[C@@H]3O)[C@H](N)C[C@@H]2N)O1. The molecule has 12 atom stereocenters. The number of aliphatic hydroxyl groups is 3. The highest BCUT2D eigenvalue weighted by Gasteiger charge is 2.50. The van der Waals surface area contributed by atoms with E-state index < -0.39 is 60.7 Å². The predicted molar refractivity (Wildman–Crippen MR) is 115 cm³/mol. The highest BCUT2D eigenvalue weighted by Crippen LogP contribution is 2.31. The monoisotopic (exact) mass is 463 g/mol. The van der Waals surface area contributed by atoms with Gasteiger partial charge >= 0.3 is 0 Å².